The molecule has 1 saturated heterocycles. The van der Waals surface area contributed by atoms with E-state index in [4.69, 9.17) is 5.73 Å². The molecule has 6 nitrogen and oxygen atoms in total. The highest BCUT2D eigenvalue weighted by Gasteiger charge is 2.38. The van der Waals surface area contributed by atoms with Crippen molar-refractivity contribution in [1.29, 1.82) is 0 Å². The molecule has 3 N–H and O–H groups in total. The molecular formula is C13H18N4O2S. The Morgan fingerprint density at radius 1 is 1.55 bits per heavy atom. The first-order chi connectivity index (χ1) is 9.54. The number of aromatic amines is 1. The molecule has 0 aliphatic carbocycles. The lowest BCUT2D eigenvalue weighted by molar-refractivity contribution is 0.405. The highest BCUT2D eigenvalue weighted by Crippen LogP contribution is 2.31. The topological polar surface area (TPSA) is 92.1 Å². The van der Waals surface area contributed by atoms with Gasteiger partial charge in [0.2, 0.25) is 10.0 Å². The summed E-state index contributed by atoms with van der Waals surface area (Å²) in [5, 5.41) is 0.635. The zero-order valence-corrected chi connectivity index (χ0v) is 12.1. The Kier molecular flexibility index (Phi) is 3.27. The SMILES string of the molecule is CC1CC(CN)CN1S(=O)(=O)c1c[nH]c2ncccc12. The molecule has 2 aromatic heterocycles. The second kappa shape index (κ2) is 4.83. The summed E-state index contributed by atoms with van der Waals surface area (Å²) >= 11 is 0. The zero-order valence-electron chi connectivity index (χ0n) is 11.3. The zero-order chi connectivity index (χ0) is 14.3. The Hall–Kier alpha value is -1.44. The van der Waals surface area contributed by atoms with Gasteiger partial charge in [-0.1, -0.05) is 0 Å². The second-order valence-electron chi connectivity index (χ2n) is 5.31. The number of nitrogens with two attached hydrogens (primary N) is 1. The van der Waals surface area contributed by atoms with Crippen LogP contribution >= 0.6 is 0 Å². The molecule has 0 saturated carbocycles. The molecule has 0 amide bonds. The van der Waals surface area contributed by atoms with E-state index in [-0.39, 0.29) is 12.0 Å². The summed E-state index contributed by atoms with van der Waals surface area (Å²) in [5.74, 6) is 0.239. The van der Waals surface area contributed by atoms with Crippen LogP contribution in [-0.4, -0.2) is 41.8 Å². The number of nitrogens with one attached hydrogen (secondary N) is 1. The molecule has 2 unspecified atom stereocenters. The van der Waals surface area contributed by atoms with E-state index in [1.54, 1.807) is 22.6 Å². The number of hydrogen-bond acceptors (Lipinski definition) is 4. The molecule has 3 heterocycles. The van der Waals surface area contributed by atoms with E-state index >= 15 is 0 Å². The molecule has 0 aromatic carbocycles. The van der Waals surface area contributed by atoms with Crippen molar-refractivity contribution in [1.82, 2.24) is 14.3 Å². The largest absolute Gasteiger partial charge is 0.345 e. The molecule has 7 heteroatoms. The monoisotopic (exact) mass is 294 g/mol. The number of sulfonamides is 1. The second-order valence-corrected chi connectivity index (χ2v) is 7.17. The molecule has 3 rings (SSSR count). The Morgan fingerprint density at radius 3 is 3.05 bits per heavy atom. The number of hydrogen-bond donors (Lipinski definition) is 2. The molecule has 20 heavy (non-hydrogen) atoms. The average Bonchev–Trinajstić information content (AvgIpc) is 3.02. The molecule has 1 aliphatic rings. The van der Waals surface area contributed by atoms with Crippen LogP contribution in [0.25, 0.3) is 11.0 Å². The fourth-order valence-corrected chi connectivity index (χ4v) is 4.76. The smallest absolute Gasteiger partial charge is 0.245 e. The van der Waals surface area contributed by atoms with E-state index in [9.17, 15) is 8.42 Å². The summed E-state index contributed by atoms with van der Waals surface area (Å²) in [4.78, 5) is 7.35. The third-order valence-electron chi connectivity index (χ3n) is 3.94. The number of aromatic nitrogens is 2. The lowest BCUT2D eigenvalue weighted by Gasteiger charge is -2.20. The van der Waals surface area contributed by atoms with Crippen LogP contribution in [0.1, 0.15) is 13.3 Å². The third-order valence-corrected chi connectivity index (χ3v) is 5.96. The minimum atomic E-state index is -3.51. The standard InChI is InChI=1S/C13H18N4O2S/c1-9-5-10(6-14)8-17(9)20(18,19)12-7-16-13-11(12)3-2-4-15-13/h2-4,7,9-10H,5-6,8,14H2,1H3,(H,15,16). The lowest BCUT2D eigenvalue weighted by atomic mass is 10.1. The molecule has 2 atom stereocenters. The molecular weight excluding hydrogens is 276 g/mol. The van der Waals surface area contributed by atoms with Gasteiger partial charge >= 0.3 is 0 Å². The van der Waals surface area contributed by atoms with E-state index in [2.05, 4.69) is 9.97 Å². The molecule has 0 spiro atoms. The first-order valence-electron chi connectivity index (χ1n) is 6.68. The van der Waals surface area contributed by atoms with Gasteiger partial charge < -0.3 is 10.7 Å². The van der Waals surface area contributed by atoms with Crippen molar-refractivity contribution in [2.24, 2.45) is 11.7 Å². The summed E-state index contributed by atoms with van der Waals surface area (Å²) < 4.78 is 27.2. The van der Waals surface area contributed by atoms with Crippen molar-refractivity contribution in [3.05, 3.63) is 24.5 Å². The number of H-pyrrole nitrogens is 1. The fourth-order valence-electron chi connectivity index (χ4n) is 2.89. The van der Waals surface area contributed by atoms with Gasteiger partial charge in [-0.05, 0) is 37.9 Å². The van der Waals surface area contributed by atoms with Crippen molar-refractivity contribution in [2.75, 3.05) is 13.1 Å². The van der Waals surface area contributed by atoms with Crippen LogP contribution in [0.4, 0.5) is 0 Å². The van der Waals surface area contributed by atoms with Crippen LogP contribution in [0, 0.1) is 5.92 Å². The van der Waals surface area contributed by atoms with Gasteiger partial charge in [-0.2, -0.15) is 4.31 Å². The van der Waals surface area contributed by atoms with Crippen LogP contribution in [0.15, 0.2) is 29.4 Å². The summed E-state index contributed by atoms with van der Waals surface area (Å²) in [6.45, 7) is 2.94. The quantitative estimate of drug-likeness (QED) is 0.880. The highest BCUT2D eigenvalue weighted by molar-refractivity contribution is 7.89. The summed E-state index contributed by atoms with van der Waals surface area (Å²) in [7, 11) is -3.51. The van der Waals surface area contributed by atoms with Gasteiger partial charge in [0.15, 0.2) is 0 Å². The van der Waals surface area contributed by atoms with Crippen molar-refractivity contribution in [3.8, 4) is 0 Å². The average molecular weight is 294 g/mol. The van der Waals surface area contributed by atoms with Gasteiger partial charge in [-0.3, -0.25) is 0 Å². The van der Waals surface area contributed by atoms with E-state index < -0.39 is 10.0 Å². The predicted octanol–water partition coefficient (Wildman–Crippen LogP) is 0.921. The molecule has 1 fully saturated rings. The minimum Gasteiger partial charge on any atom is -0.345 e. The van der Waals surface area contributed by atoms with E-state index in [1.165, 1.54) is 6.20 Å². The third kappa shape index (κ3) is 2.02. The summed E-state index contributed by atoms with van der Waals surface area (Å²) in [6, 6.07) is 3.49. The maximum absolute atomic E-state index is 12.8. The Morgan fingerprint density at radius 2 is 2.35 bits per heavy atom. The molecule has 108 valence electrons. The van der Waals surface area contributed by atoms with Crippen molar-refractivity contribution in [3.63, 3.8) is 0 Å². The molecule has 0 radical (unpaired) electrons. The van der Waals surface area contributed by atoms with E-state index in [0.29, 0.717) is 29.0 Å². The van der Waals surface area contributed by atoms with Gasteiger partial charge in [0, 0.05) is 30.4 Å². The Bertz CT molecular complexity index is 725. The number of nitrogens with zero attached hydrogens (tertiary/aromatic N) is 2. The Labute approximate surface area is 118 Å². The number of rotatable bonds is 3. The maximum Gasteiger partial charge on any atom is 0.245 e. The highest BCUT2D eigenvalue weighted by atomic mass is 32.2. The van der Waals surface area contributed by atoms with Crippen LogP contribution in [0.2, 0.25) is 0 Å². The molecule has 2 aromatic rings. The van der Waals surface area contributed by atoms with Crippen LogP contribution in [-0.2, 0) is 10.0 Å². The lowest BCUT2D eigenvalue weighted by Crippen LogP contribution is -2.34. The fraction of sp³-hybridized carbons (Fsp3) is 0.462. The van der Waals surface area contributed by atoms with Crippen LogP contribution in [0.3, 0.4) is 0 Å². The Balaban J connectivity index is 2.04. The molecule has 0 bridgehead atoms. The number of pyridine rings is 1. The van der Waals surface area contributed by atoms with Gasteiger partial charge in [0.05, 0.1) is 0 Å². The maximum atomic E-state index is 12.8. The van der Waals surface area contributed by atoms with Gasteiger partial charge in [0.25, 0.3) is 0 Å². The summed E-state index contributed by atoms with van der Waals surface area (Å²) in [6.07, 6.45) is 3.98. The number of fused-ring (bicyclic) bond motifs is 1. The van der Waals surface area contributed by atoms with Gasteiger partial charge in [0.1, 0.15) is 10.5 Å². The first-order valence-corrected chi connectivity index (χ1v) is 8.12. The van der Waals surface area contributed by atoms with E-state index in [1.807, 2.05) is 6.92 Å². The molecule has 1 aliphatic heterocycles. The minimum absolute atomic E-state index is 0.0184. The summed E-state index contributed by atoms with van der Waals surface area (Å²) in [5.41, 5.74) is 6.26. The van der Waals surface area contributed by atoms with Gasteiger partial charge in [-0.25, -0.2) is 13.4 Å². The normalized spacial score (nSPS) is 24.5. The van der Waals surface area contributed by atoms with Crippen LogP contribution in [0.5, 0.6) is 0 Å². The van der Waals surface area contributed by atoms with Crippen molar-refractivity contribution < 1.29 is 8.42 Å². The van der Waals surface area contributed by atoms with Crippen LogP contribution < -0.4 is 5.73 Å². The first kappa shape index (κ1) is 13.5. The predicted molar refractivity (Wildman–Crippen MR) is 76.6 cm³/mol. The van der Waals surface area contributed by atoms with Crippen molar-refractivity contribution in [2.45, 2.75) is 24.3 Å². The van der Waals surface area contributed by atoms with Crippen molar-refractivity contribution >= 4 is 21.1 Å². The van der Waals surface area contributed by atoms with E-state index in [0.717, 1.165) is 6.42 Å². The van der Waals surface area contributed by atoms with Gasteiger partial charge in [-0.15, -0.1) is 0 Å².